The Bertz CT molecular complexity index is 1010. The van der Waals surface area contributed by atoms with Crippen LogP contribution in [0, 0.1) is 5.41 Å². The third-order valence-electron chi connectivity index (χ3n) is 6.83. The van der Waals surface area contributed by atoms with Crippen LogP contribution < -0.4 is 10.2 Å². The molecule has 0 aromatic heterocycles. The molecular formula is C23H23N3O3. The molecule has 5 rings (SSSR count). The van der Waals surface area contributed by atoms with Crippen LogP contribution in [0.4, 0.5) is 10.5 Å². The molecule has 148 valence electrons. The van der Waals surface area contributed by atoms with Gasteiger partial charge in [0.2, 0.25) is 11.8 Å². The van der Waals surface area contributed by atoms with Crippen molar-refractivity contribution in [2.45, 2.75) is 31.2 Å². The number of amides is 4. The molecule has 3 aliphatic rings. The number of barbiturate groups is 1. The van der Waals surface area contributed by atoms with Crippen LogP contribution in [-0.2, 0) is 16.0 Å². The summed E-state index contributed by atoms with van der Waals surface area (Å²) in [6.45, 7) is 0.765. The lowest BCUT2D eigenvalue weighted by atomic mass is 9.64. The minimum Gasteiger partial charge on any atom is -0.367 e. The van der Waals surface area contributed by atoms with Crippen LogP contribution in [-0.4, -0.2) is 42.4 Å². The Hall–Kier alpha value is -3.15. The third kappa shape index (κ3) is 2.51. The maximum Gasteiger partial charge on any atom is 0.330 e. The summed E-state index contributed by atoms with van der Waals surface area (Å²) in [5.41, 5.74) is 2.02. The molecule has 1 N–H and O–H groups in total. The standard InChI is InChI=1S/C23H23N3O3/c1-25-21(28)23(20(27)24-22(25)29)14-17-9-5-6-10-18(17)26-12-11-16(13-19(23)26)15-7-3-2-4-8-15/h2-10,16,19H,11-14H2,1H3,(H,24,27,29)/t16-,19+,23+/m0/s1. The average molecular weight is 389 g/mol. The van der Waals surface area contributed by atoms with E-state index in [0.717, 1.165) is 29.1 Å². The van der Waals surface area contributed by atoms with Crippen LogP contribution in [0.2, 0.25) is 0 Å². The van der Waals surface area contributed by atoms with Gasteiger partial charge < -0.3 is 4.90 Å². The Morgan fingerprint density at radius 2 is 1.72 bits per heavy atom. The Morgan fingerprint density at radius 1 is 1.00 bits per heavy atom. The van der Waals surface area contributed by atoms with Gasteiger partial charge in [-0.1, -0.05) is 48.5 Å². The van der Waals surface area contributed by atoms with E-state index in [9.17, 15) is 14.4 Å². The normalized spacial score (nSPS) is 28.8. The van der Waals surface area contributed by atoms with Crippen LogP contribution in [0.1, 0.15) is 29.9 Å². The summed E-state index contributed by atoms with van der Waals surface area (Å²) >= 11 is 0. The van der Waals surface area contributed by atoms with E-state index in [1.165, 1.54) is 12.6 Å². The van der Waals surface area contributed by atoms with Gasteiger partial charge in [0.1, 0.15) is 0 Å². The molecule has 6 nitrogen and oxygen atoms in total. The number of anilines is 1. The van der Waals surface area contributed by atoms with Crippen molar-refractivity contribution < 1.29 is 14.4 Å². The minimum absolute atomic E-state index is 0.267. The van der Waals surface area contributed by atoms with Crippen molar-refractivity contribution >= 4 is 23.5 Å². The SMILES string of the molecule is CN1C(=O)NC(=O)[C@]2(Cc3ccccc3N3CC[C@H](c4ccccc4)C[C@@H]32)C1=O. The largest absolute Gasteiger partial charge is 0.367 e. The van der Waals surface area contributed by atoms with Crippen molar-refractivity contribution in [3.63, 3.8) is 0 Å². The van der Waals surface area contributed by atoms with Crippen molar-refractivity contribution in [2.75, 3.05) is 18.5 Å². The van der Waals surface area contributed by atoms with E-state index >= 15 is 0 Å². The molecule has 1 spiro atoms. The molecule has 6 heteroatoms. The van der Waals surface area contributed by atoms with Crippen LogP contribution in [0.25, 0.3) is 0 Å². The zero-order valence-corrected chi connectivity index (χ0v) is 16.3. The molecule has 2 fully saturated rings. The van der Waals surface area contributed by atoms with E-state index in [4.69, 9.17) is 0 Å². The first-order valence-corrected chi connectivity index (χ1v) is 10.1. The van der Waals surface area contributed by atoms with E-state index in [-0.39, 0.29) is 12.0 Å². The van der Waals surface area contributed by atoms with Crippen molar-refractivity contribution in [2.24, 2.45) is 5.41 Å². The number of fused-ring (bicyclic) bond motifs is 4. The fourth-order valence-electron chi connectivity index (χ4n) is 5.34. The number of nitrogens with zero attached hydrogens (tertiary/aromatic N) is 2. The molecule has 0 unspecified atom stereocenters. The molecule has 4 amide bonds. The van der Waals surface area contributed by atoms with Gasteiger partial charge >= 0.3 is 6.03 Å². The first kappa shape index (κ1) is 17.9. The van der Waals surface area contributed by atoms with Gasteiger partial charge in [0, 0.05) is 19.3 Å². The predicted octanol–water partition coefficient (Wildman–Crippen LogP) is 2.69. The van der Waals surface area contributed by atoms with Gasteiger partial charge in [-0.15, -0.1) is 0 Å². The van der Waals surface area contributed by atoms with Gasteiger partial charge in [-0.05, 0) is 42.4 Å². The Kier molecular flexibility index (Phi) is 3.98. The number of piperidine rings is 1. The number of nitrogens with one attached hydrogen (secondary N) is 1. The summed E-state index contributed by atoms with van der Waals surface area (Å²) in [5, 5.41) is 2.44. The number of imide groups is 2. The number of hydrogen-bond donors (Lipinski definition) is 1. The Labute approximate surface area is 169 Å². The highest BCUT2D eigenvalue weighted by Gasteiger charge is 2.62. The number of rotatable bonds is 1. The highest BCUT2D eigenvalue weighted by atomic mass is 16.2. The number of urea groups is 1. The van der Waals surface area contributed by atoms with Crippen molar-refractivity contribution in [1.29, 1.82) is 0 Å². The lowest BCUT2D eigenvalue weighted by molar-refractivity contribution is -0.153. The first-order chi connectivity index (χ1) is 14.0. The fraction of sp³-hybridized carbons (Fsp3) is 0.348. The lowest BCUT2D eigenvalue weighted by Gasteiger charge is -2.54. The molecule has 2 aromatic carbocycles. The van der Waals surface area contributed by atoms with E-state index in [2.05, 4.69) is 28.4 Å². The number of carbonyl (C=O) groups excluding carboxylic acids is 3. The zero-order valence-electron chi connectivity index (χ0n) is 16.3. The summed E-state index contributed by atoms with van der Waals surface area (Å²) < 4.78 is 0. The zero-order chi connectivity index (χ0) is 20.2. The molecule has 0 bridgehead atoms. The van der Waals surface area contributed by atoms with Gasteiger partial charge in [0.25, 0.3) is 0 Å². The summed E-state index contributed by atoms with van der Waals surface area (Å²) in [4.78, 5) is 42.1. The second-order valence-electron chi connectivity index (χ2n) is 8.24. The summed E-state index contributed by atoms with van der Waals surface area (Å²) in [6.07, 6.45) is 1.96. The minimum atomic E-state index is -1.29. The third-order valence-corrected chi connectivity index (χ3v) is 6.83. The molecular weight excluding hydrogens is 366 g/mol. The Morgan fingerprint density at radius 3 is 2.52 bits per heavy atom. The first-order valence-electron chi connectivity index (χ1n) is 10.1. The molecule has 3 heterocycles. The van der Waals surface area contributed by atoms with Crippen LogP contribution in [0.5, 0.6) is 0 Å². The maximum atomic E-state index is 13.4. The summed E-state index contributed by atoms with van der Waals surface area (Å²) in [7, 11) is 1.45. The maximum absolute atomic E-state index is 13.4. The molecule has 0 saturated carbocycles. The molecule has 0 aliphatic carbocycles. The lowest BCUT2D eigenvalue weighted by Crippen LogP contribution is -2.72. The van der Waals surface area contributed by atoms with Crippen molar-refractivity contribution in [3.05, 3.63) is 65.7 Å². The number of hydrogen-bond acceptors (Lipinski definition) is 4. The van der Waals surface area contributed by atoms with Gasteiger partial charge in [-0.2, -0.15) is 0 Å². The molecule has 0 radical (unpaired) electrons. The summed E-state index contributed by atoms with van der Waals surface area (Å²) in [6, 6.07) is 17.3. The van der Waals surface area contributed by atoms with Gasteiger partial charge in [-0.25, -0.2) is 4.79 Å². The van der Waals surface area contributed by atoms with Gasteiger partial charge in [0.05, 0.1) is 6.04 Å². The summed E-state index contributed by atoms with van der Waals surface area (Å²) in [5.74, 6) is -0.601. The highest BCUT2D eigenvalue weighted by molar-refractivity contribution is 6.20. The number of carbonyl (C=O) groups is 3. The van der Waals surface area contributed by atoms with Crippen molar-refractivity contribution in [1.82, 2.24) is 10.2 Å². The van der Waals surface area contributed by atoms with Gasteiger partial charge in [0.15, 0.2) is 5.41 Å². The number of benzene rings is 2. The van der Waals surface area contributed by atoms with Crippen LogP contribution >= 0.6 is 0 Å². The number of para-hydroxylation sites is 1. The monoisotopic (exact) mass is 389 g/mol. The average Bonchev–Trinajstić information content (AvgIpc) is 2.76. The van der Waals surface area contributed by atoms with Crippen molar-refractivity contribution in [3.8, 4) is 0 Å². The van der Waals surface area contributed by atoms with Gasteiger partial charge in [-0.3, -0.25) is 19.8 Å². The van der Waals surface area contributed by atoms with E-state index in [0.29, 0.717) is 12.8 Å². The topological polar surface area (TPSA) is 69.7 Å². The smallest absolute Gasteiger partial charge is 0.330 e. The molecule has 2 saturated heterocycles. The van der Waals surface area contributed by atoms with Crippen LogP contribution in [0.15, 0.2) is 54.6 Å². The van der Waals surface area contributed by atoms with Crippen LogP contribution in [0.3, 0.4) is 0 Å². The fourth-order valence-corrected chi connectivity index (χ4v) is 5.34. The molecule has 3 aliphatic heterocycles. The van der Waals surface area contributed by atoms with E-state index in [1.54, 1.807) is 0 Å². The quantitative estimate of drug-likeness (QED) is 0.762. The van der Waals surface area contributed by atoms with E-state index in [1.807, 2.05) is 36.4 Å². The second-order valence-corrected chi connectivity index (χ2v) is 8.24. The molecule has 29 heavy (non-hydrogen) atoms. The second kappa shape index (κ2) is 6.44. The van der Waals surface area contributed by atoms with E-state index < -0.39 is 23.3 Å². The predicted molar refractivity (Wildman–Crippen MR) is 108 cm³/mol. The highest BCUT2D eigenvalue weighted by Crippen LogP contribution is 2.49. The Balaban J connectivity index is 1.63. The molecule has 3 atom stereocenters. The molecule has 2 aromatic rings.